The molecule has 2 aromatic carbocycles. The third-order valence-corrected chi connectivity index (χ3v) is 4.40. The highest BCUT2D eigenvalue weighted by molar-refractivity contribution is 7.13. The van der Waals surface area contributed by atoms with E-state index in [9.17, 15) is 9.59 Å². The van der Waals surface area contributed by atoms with Crippen LogP contribution in [0.1, 0.15) is 10.4 Å². The van der Waals surface area contributed by atoms with Gasteiger partial charge in [-0.1, -0.05) is 18.2 Å². The van der Waals surface area contributed by atoms with Crippen LogP contribution in [0, 0.1) is 0 Å². The van der Waals surface area contributed by atoms with Crippen molar-refractivity contribution in [3.63, 3.8) is 0 Å². The van der Waals surface area contributed by atoms with Crippen molar-refractivity contribution in [3.05, 3.63) is 65.5 Å². The summed E-state index contributed by atoms with van der Waals surface area (Å²) in [4.78, 5) is 24.2. The van der Waals surface area contributed by atoms with E-state index in [-0.39, 0.29) is 5.91 Å². The highest BCUT2D eigenvalue weighted by Gasteiger charge is 2.11. The largest absolute Gasteiger partial charge is 0.465 e. The predicted octanol–water partition coefficient (Wildman–Crippen LogP) is 4.34. The van der Waals surface area contributed by atoms with Crippen LogP contribution in [-0.2, 0) is 0 Å². The van der Waals surface area contributed by atoms with Crippen LogP contribution in [0.5, 0.6) is 0 Å². The highest BCUT2D eigenvalue weighted by Crippen LogP contribution is 2.30. The zero-order valence-electron chi connectivity index (χ0n) is 13.0. The fourth-order valence-electron chi connectivity index (χ4n) is 2.32. The molecule has 0 aliphatic heterocycles. The normalized spacial score (nSPS) is 10.2. The van der Waals surface area contributed by atoms with Crippen molar-refractivity contribution in [2.24, 2.45) is 0 Å². The number of nitrogens with two attached hydrogens (primary N) is 1. The van der Waals surface area contributed by atoms with Gasteiger partial charge in [-0.25, -0.2) is 4.79 Å². The predicted molar refractivity (Wildman–Crippen MR) is 100 cm³/mol. The van der Waals surface area contributed by atoms with Crippen molar-refractivity contribution in [1.29, 1.82) is 0 Å². The molecule has 6 nitrogen and oxygen atoms in total. The monoisotopic (exact) mass is 353 g/mol. The lowest BCUT2D eigenvalue weighted by molar-refractivity contribution is 0.102. The second kappa shape index (κ2) is 7.06. The van der Waals surface area contributed by atoms with Gasteiger partial charge in [0, 0.05) is 16.1 Å². The number of hydrogen-bond donors (Lipinski definition) is 4. The summed E-state index contributed by atoms with van der Waals surface area (Å²) in [7, 11) is 0. The molecular formula is C18H15N3O3S. The summed E-state index contributed by atoms with van der Waals surface area (Å²) in [6.45, 7) is 0. The van der Waals surface area contributed by atoms with Crippen molar-refractivity contribution in [2.75, 3.05) is 16.4 Å². The molecule has 0 unspecified atom stereocenters. The van der Waals surface area contributed by atoms with Gasteiger partial charge < -0.3 is 16.2 Å². The zero-order valence-corrected chi connectivity index (χ0v) is 13.8. The molecule has 0 spiro atoms. The van der Waals surface area contributed by atoms with E-state index in [0.717, 1.165) is 10.4 Å². The minimum Gasteiger partial charge on any atom is -0.465 e. The molecule has 0 bridgehead atoms. The molecule has 3 aromatic rings. The number of amides is 2. The van der Waals surface area contributed by atoms with Crippen LogP contribution in [0.2, 0.25) is 0 Å². The van der Waals surface area contributed by atoms with Crippen LogP contribution in [0.4, 0.5) is 21.9 Å². The first-order chi connectivity index (χ1) is 12.0. The fourth-order valence-corrected chi connectivity index (χ4v) is 3.04. The van der Waals surface area contributed by atoms with Gasteiger partial charge >= 0.3 is 6.09 Å². The van der Waals surface area contributed by atoms with Gasteiger partial charge in [0.05, 0.1) is 11.4 Å². The Bertz CT molecular complexity index is 923. The first-order valence-corrected chi connectivity index (χ1v) is 8.25. The molecule has 0 radical (unpaired) electrons. The molecule has 25 heavy (non-hydrogen) atoms. The Labute approximate surface area is 147 Å². The van der Waals surface area contributed by atoms with Crippen LogP contribution in [0.15, 0.2) is 60.0 Å². The fraction of sp³-hybridized carbons (Fsp3) is 0. The van der Waals surface area contributed by atoms with Crippen LogP contribution >= 0.6 is 11.3 Å². The quantitative estimate of drug-likeness (QED) is 0.524. The Balaban J connectivity index is 1.83. The third-order valence-electron chi connectivity index (χ3n) is 3.48. The summed E-state index contributed by atoms with van der Waals surface area (Å²) in [6.07, 6.45) is -1.19. The Morgan fingerprint density at radius 1 is 1.00 bits per heavy atom. The molecular weight excluding hydrogens is 338 g/mol. The van der Waals surface area contributed by atoms with E-state index in [1.54, 1.807) is 35.6 Å². The molecule has 0 saturated heterocycles. The smallest absolute Gasteiger partial charge is 0.409 e. The van der Waals surface area contributed by atoms with Crippen molar-refractivity contribution >= 4 is 40.4 Å². The lowest BCUT2D eigenvalue weighted by Crippen LogP contribution is -2.14. The average Bonchev–Trinajstić information content (AvgIpc) is 3.11. The molecule has 0 atom stereocenters. The maximum Gasteiger partial charge on any atom is 0.409 e. The summed E-state index contributed by atoms with van der Waals surface area (Å²) in [6, 6.07) is 15.6. The van der Waals surface area contributed by atoms with Gasteiger partial charge in [-0.05, 0) is 47.3 Å². The second-order valence-corrected chi connectivity index (χ2v) is 6.19. The van der Waals surface area contributed by atoms with E-state index < -0.39 is 6.09 Å². The van der Waals surface area contributed by atoms with E-state index >= 15 is 0 Å². The van der Waals surface area contributed by atoms with Gasteiger partial charge in [-0.15, -0.1) is 11.3 Å². The standard InChI is InChI=1S/C18H15N3O3S/c19-14-7-6-11(16-5-2-8-25-16)10-15(14)21-17(22)12-3-1-4-13(9-12)20-18(23)24/h1-10,20H,19H2,(H,21,22)(H,23,24). The Kier molecular flexibility index (Phi) is 4.67. The van der Waals surface area contributed by atoms with E-state index in [1.807, 2.05) is 29.6 Å². The molecule has 0 aliphatic carbocycles. The second-order valence-electron chi connectivity index (χ2n) is 5.24. The molecule has 1 heterocycles. The first kappa shape index (κ1) is 16.5. The van der Waals surface area contributed by atoms with Crippen molar-refractivity contribution in [2.45, 2.75) is 0 Å². The van der Waals surface area contributed by atoms with Crippen LogP contribution in [0.3, 0.4) is 0 Å². The van der Waals surface area contributed by atoms with E-state index in [1.165, 1.54) is 6.07 Å². The maximum atomic E-state index is 12.5. The molecule has 0 saturated carbocycles. The summed E-state index contributed by atoms with van der Waals surface area (Å²) >= 11 is 1.60. The van der Waals surface area contributed by atoms with Crippen LogP contribution in [-0.4, -0.2) is 17.1 Å². The molecule has 0 aliphatic rings. The van der Waals surface area contributed by atoms with Crippen LogP contribution in [0.25, 0.3) is 10.4 Å². The molecule has 7 heteroatoms. The summed E-state index contributed by atoms with van der Waals surface area (Å²) < 4.78 is 0. The number of nitrogens with one attached hydrogen (secondary N) is 2. The molecule has 1 aromatic heterocycles. The summed E-state index contributed by atoms with van der Waals surface area (Å²) in [5.74, 6) is -0.371. The minimum absolute atomic E-state index is 0.320. The number of nitrogen functional groups attached to an aromatic ring is 1. The molecule has 126 valence electrons. The third kappa shape index (κ3) is 3.96. The van der Waals surface area contributed by atoms with Crippen LogP contribution < -0.4 is 16.4 Å². The zero-order chi connectivity index (χ0) is 17.8. The number of carbonyl (C=O) groups is 2. The number of anilines is 3. The average molecular weight is 353 g/mol. The van der Waals surface area contributed by atoms with E-state index in [0.29, 0.717) is 22.6 Å². The van der Waals surface area contributed by atoms with Crippen molar-refractivity contribution in [1.82, 2.24) is 0 Å². The highest BCUT2D eigenvalue weighted by atomic mass is 32.1. The van der Waals surface area contributed by atoms with Crippen molar-refractivity contribution in [3.8, 4) is 10.4 Å². The van der Waals surface area contributed by atoms with E-state index in [4.69, 9.17) is 10.8 Å². The lowest BCUT2D eigenvalue weighted by atomic mass is 10.1. The Hall–Kier alpha value is -3.32. The molecule has 5 N–H and O–H groups in total. The van der Waals surface area contributed by atoms with E-state index in [2.05, 4.69) is 10.6 Å². The number of benzene rings is 2. The summed E-state index contributed by atoms with van der Waals surface area (Å²) in [5.41, 5.74) is 8.53. The maximum absolute atomic E-state index is 12.5. The molecule has 0 fully saturated rings. The Morgan fingerprint density at radius 3 is 2.56 bits per heavy atom. The van der Waals surface area contributed by atoms with Gasteiger partial charge in [0.2, 0.25) is 0 Å². The number of hydrogen-bond acceptors (Lipinski definition) is 4. The molecule has 2 amide bonds. The van der Waals surface area contributed by atoms with Gasteiger partial charge in [0.25, 0.3) is 5.91 Å². The van der Waals surface area contributed by atoms with Gasteiger partial charge in [-0.3, -0.25) is 10.1 Å². The summed E-state index contributed by atoms with van der Waals surface area (Å²) in [5, 5.41) is 15.7. The number of carbonyl (C=O) groups excluding carboxylic acids is 1. The van der Waals surface area contributed by atoms with Gasteiger partial charge in [0.15, 0.2) is 0 Å². The Morgan fingerprint density at radius 2 is 1.84 bits per heavy atom. The number of carboxylic acid groups (broad SMARTS) is 1. The molecule has 3 rings (SSSR count). The lowest BCUT2D eigenvalue weighted by Gasteiger charge is -2.11. The van der Waals surface area contributed by atoms with Gasteiger partial charge in [0.1, 0.15) is 0 Å². The number of rotatable bonds is 4. The number of thiophene rings is 1. The van der Waals surface area contributed by atoms with Gasteiger partial charge in [-0.2, -0.15) is 0 Å². The topological polar surface area (TPSA) is 104 Å². The SMILES string of the molecule is Nc1ccc(-c2cccs2)cc1NC(=O)c1cccc(NC(=O)O)c1. The first-order valence-electron chi connectivity index (χ1n) is 7.38. The minimum atomic E-state index is -1.19. The van der Waals surface area contributed by atoms with Crippen molar-refractivity contribution < 1.29 is 14.7 Å².